The lowest BCUT2D eigenvalue weighted by atomic mass is 9.96. The standard InChI is InChI=1S/C14H15NO2/c1-9-2-3-13-11(4-9)6-14(17-13)12(16)5-10-7-15-8-10/h2-4,6,10,15H,5,7-8H2,1H3. The molecule has 2 aromatic rings. The molecule has 17 heavy (non-hydrogen) atoms. The normalized spacial score (nSPS) is 16.1. The molecule has 0 aliphatic carbocycles. The Morgan fingerprint density at radius 1 is 1.41 bits per heavy atom. The molecule has 0 spiro atoms. The summed E-state index contributed by atoms with van der Waals surface area (Å²) < 4.78 is 5.58. The van der Waals surface area contributed by atoms with E-state index >= 15 is 0 Å². The average molecular weight is 229 g/mol. The maximum atomic E-state index is 12.0. The molecule has 1 aromatic heterocycles. The van der Waals surface area contributed by atoms with Gasteiger partial charge in [-0.05, 0) is 44.1 Å². The van der Waals surface area contributed by atoms with E-state index in [2.05, 4.69) is 5.32 Å². The number of benzene rings is 1. The van der Waals surface area contributed by atoms with Crippen LogP contribution in [-0.2, 0) is 0 Å². The summed E-state index contributed by atoms with van der Waals surface area (Å²) in [5, 5.41) is 4.18. The Morgan fingerprint density at radius 2 is 2.24 bits per heavy atom. The third kappa shape index (κ3) is 1.98. The van der Waals surface area contributed by atoms with E-state index in [-0.39, 0.29) is 5.78 Å². The fraction of sp³-hybridized carbons (Fsp3) is 0.357. The molecule has 0 unspecified atom stereocenters. The summed E-state index contributed by atoms with van der Waals surface area (Å²) in [6.07, 6.45) is 0.589. The fourth-order valence-electron chi connectivity index (χ4n) is 2.16. The number of carbonyl (C=O) groups excluding carboxylic acids is 1. The Hall–Kier alpha value is -1.61. The van der Waals surface area contributed by atoms with Crippen LogP contribution in [0.5, 0.6) is 0 Å². The Balaban J connectivity index is 1.86. The topological polar surface area (TPSA) is 42.2 Å². The van der Waals surface area contributed by atoms with Crippen molar-refractivity contribution in [2.45, 2.75) is 13.3 Å². The van der Waals surface area contributed by atoms with Gasteiger partial charge in [-0.3, -0.25) is 4.79 Å². The lowest BCUT2D eigenvalue weighted by molar-refractivity contribution is 0.0920. The van der Waals surface area contributed by atoms with Crippen molar-refractivity contribution in [3.63, 3.8) is 0 Å². The van der Waals surface area contributed by atoms with Crippen LogP contribution in [-0.4, -0.2) is 18.9 Å². The Morgan fingerprint density at radius 3 is 2.94 bits per heavy atom. The number of Topliss-reactive ketones (excluding diaryl/α,β-unsaturated/α-hetero) is 1. The molecular formula is C14H15NO2. The molecule has 0 amide bonds. The highest BCUT2D eigenvalue weighted by molar-refractivity contribution is 5.97. The van der Waals surface area contributed by atoms with Crippen molar-refractivity contribution in [1.82, 2.24) is 5.32 Å². The van der Waals surface area contributed by atoms with Crippen molar-refractivity contribution in [2.75, 3.05) is 13.1 Å². The van der Waals surface area contributed by atoms with Gasteiger partial charge in [0.1, 0.15) is 5.58 Å². The van der Waals surface area contributed by atoms with Crippen LogP contribution >= 0.6 is 0 Å². The first-order valence-electron chi connectivity index (χ1n) is 5.96. The zero-order chi connectivity index (χ0) is 11.8. The van der Waals surface area contributed by atoms with Crippen LogP contribution in [0.25, 0.3) is 11.0 Å². The molecule has 3 nitrogen and oxygen atoms in total. The molecule has 1 aliphatic heterocycles. The Kier molecular flexibility index (Phi) is 2.48. The predicted molar refractivity (Wildman–Crippen MR) is 66.3 cm³/mol. The smallest absolute Gasteiger partial charge is 0.198 e. The van der Waals surface area contributed by atoms with Gasteiger partial charge in [-0.15, -0.1) is 0 Å². The number of ketones is 1. The molecule has 1 fully saturated rings. The van der Waals surface area contributed by atoms with Crippen molar-refractivity contribution < 1.29 is 9.21 Å². The van der Waals surface area contributed by atoms with Crippen LogP contribution in [0.3, 0.4) is 0 Å². The number of fused-ring (bicyclic) bond motifs is 1. The number of aryl methyl sites for hydroxylation is 1. The first kappa shape index (κ1) is 10.5. The monoisotopic (exact) mass is 229 g/mol. The van der Waals surface area contributed by atoms with Gasteiger partial charge in [-0.2, -0.15) is 0 Å². The number of nitrogens with one attached hydrogen (secondary N) is 1. The third-order valence-corrected chi connectivity index (χ3v) is 3.29. The highest BCUT2D eigenvalue weighted by Crippen LogP contribution is 2.23. The molecule has 1 aromatic carbocycles. The van der Waals surface area contributed by atoms with Crippen molar-refractivity contribution in [1.29, 1.82) is 0 Å². The fourth-order valence-corrected chi connectivity index (χ4v) is 2.16. The molecule has 3 rings (SSSR count). The van der Waals surface area contributed by atoms with E-state index in [1.54, 1.807) is 0 Å². The number of hydrogen-bond acceptors (Lipinski definition) is 3. The SMILES string of the molecule is Cc1ccc2oc(C(=O)CC3CNC3)cc2c1. The third-order valence-electron chi connectivity index (χ3n) is 3.29. The van der Waals surface area contributed by atoms with Gasteiger partial charge in [0, 0.05) is 11.8 Å². The van der Waals surface area contributed by atoms with Crippen molar-refractivity contribution in [3.05, 3.63) is 35.6 Å². The van der Waals surface area contributed by atoms with Crippen LogP contribution in [0.15, 0.2) is 28.7 Å². The highest BCUT2D eigenvalue weighted by Gasteiger charge is 2.22. The maximum Gasteiger partial charge on any atom is 0.198 e. The summed E-state index contributed by atoms with van der Waals surface area (Å²) in [6, 6.07) is 7.82. The van der Waals surface area contributed by atoms with Gasteiger partial charge in [0.15, 0.2) is 11.5 Å². The second kappa shape index (κ2) is 4.00. The summed E-state index contributed by atoms with van der Waals surface area (Å²) in [4.78, 5) is 12.0. The molecule has 0 bridgehead atoms. The minimum absolute atomic E-state index is 0.116. The molecule has 88 valence electrons. The molecule has 1 N–H and O–H groups in total. The van der Waals surface area contributed by atoms with Crippen LogP contribution < -0.4 is 5.32 Å². The molecule has 1 saturated heterocycles. The van der Waals surface area contributed by atoms with E-state index in [0.717, 1.165) is 24.1 Å². The second-order valence-corrected chi connectivity index (χ2v) is 4.80. The van der Waals surface area contributed by atoms with Gasteiger partial charge in [0.2, 0.25) is 0 Å². The Bertz CT molecular complexity index is 567. The molecule has 0 saturated carbocycles. The van der Waals surface area contributed by atoms with Crippen LogP contribution in [0, 0.1) is 12.8 Å². The summed E-state index contributed by atoms with van der Waals surface area (Å²) in [7, 11) is 0. The largest absolute Gasteiger partial charge is 0.453 e. The van der Waals surface area contributed by atoms with E-state index in [0.29, 0.717) is 18.1 Å². The molecule has 3 heteroatoms. The zero-order valence-electron chi connectivity index (χ0n) is 9.82. The van der Waals surface area contributed by atoms with Gasteiger partial charge < -0.3 is 9.73 Å². The van der Waals surface area contributed by atoms with E-state index in [9.17, 15) is 4.79 Å². The highest BCUT2D eigenvalue weighted by atomic mass is 16.3. The molecule has 1 aliphatic rings. The lowest BCUT2D eigenvalue weighted by Gasteiger charge is -2.25. The maximum absolute atomic E-state index is 12.0. The summed E-state index contributed by atoms with van der Waals surface area (Å²) >= 11 is 0. The van der Waals surface area contributed by atoms with Crippen LogP contribution in [0.4, 0.5) is 0 Å². The lowest BCUT2D eigenvalue weighted by Crippen LogP contribution is -2.42. The van der Waals surface area contributed by atoms with Gasteiger partial charge in [0.05, 0.1) is 0 Å². The average Bonchev–Trinajstić information content (AvgIpc) is 2.65. The van der Waals surface area contributed by atoms with Gasteiger partial charge >= 0.3 is 0 Å². The summed E-state index contributed by atoms with van der Waals surface area (Å²) in [6.45, 7) is 3.93. The first-order chi connectivity index (χ1) is 8.22. The van der Waals surface area contributed by atoms with E-state index < -0.39 is 0 Å². The number of rotatable bonds is 3. The molecular weight excluding hydrogens is 214 g/mol. The summed E-state index contributed by atoms with van der Waals surface area (Å²) in [5.74, 6) is 1.10. The quantitative estimate of drug-likeness (QED) is 0.822. The number of furan rings is 1. The van der Waals surface area contributed by atoms with Gasteiger partial charge in [0.25, 0.3) is 0 Å². The summed E-state index contributed by atoms with van der Waals surface area (Å²) in [5.41, 5.74) is 1.98. The van der Waals surface area contributed by atoms with E-state index in [1.165, 1.54) is 5.56 Å². The minimum atomic E-state index is 0.116. The van der Waals surface area contributed by atoms with Crippen molar-refractivity contribution >= 4 is 16.8 Å². The molecule has 0 atom stereocenters. The molecule has 0 radical (unpaired) electrons. The number of hydrogen-bond donors (Lipinski definition) is 1. The first-order valence-corrected chi connectivity index (χ1v) is 5.96. The second-order valence-electron chi connectivity index (χ2n) is 4.80. The van der Waals surface area contributed by atoms with E-state index in [4.69, 9.17) is 4.42 Å². The minimum Gasteiger partial charge on any atom is -0.453 e. The predicted octanol–water partition coefficient (Wildman–Crippen LogP) is 2.53. The Labute approximate surface area is 99.8 Å². The van der Waals surface area contributed by atoms with Crippen molar-refractivity contribution in [2.24, 2.45) is 5.92 Å². The number of carbonyl (C=O) groups is 1. The zero-order valence-corrected chi connectivity index (χ0v) is 9.82. The van der Waals surface area contributed by atoms with Crippen molar-refractivity contribution in [3.8, 4) is 0 Å². The van der Waals surface area contributed by atoms with E-state index in [1.807, 2.05) is 31.2 Å². The van der Waals surface area contributed by atoms with Gasteiger partial charge in [-0.25, -0.2) is 0 Å². The van der Waals surface area contributed by atoms with Crippen LogP contribution in [0.2, 0.25) is 0 Å². The van der Waals surface area contributed by atoms with Crippen LogP contribution in [0.1, 0.15) is 22.5 Å². The molecule has 2 heterocycles. The van der Waals surface area contributed by atoms with Gasteiger partial charge in [-0.1, -0.05) is 11.6 Å².